The molecule has 4 heteroatoms. The van der Waals surface area contributed by atoms with Crippen molar-refractivity contribution in [1.29, 1.82) is 0 Å². The van der Waals surface area contributed by atoms with Gasteiger partial charge >= 0.3 is 0 Å². The molecule has 15 heavy (non-hydrogen) atoms. The lowest BCUT2D eigenvalue weighted by molar-refractivity contribution is -0.137. The molecule has 0 fully saturated rings. The Balaban J connectivity index is 2.20. The molecule has 2 amide bonds. The molecule has 3 nitrogen and oxygen atoms in total. The second kappa shape index (κ2) is 3.87. The van der Waals surface area contributed by atoms with Gasteiger partial charge in [-0.15, -0.1) is 0 Å². The molecule has 0 bridgehead atoms. The molecule has 0 N–H and O–H groups in total. The Hall–Kier alpha value is -1.61. The summed E-state index contributed by atoms with van der Waals surface area (Å²) < 4.78 is 0. The summed E-state index contributed by atoms with van der Waals surface area (Å²) in [5.41, 5.74) is 0.768. The summed E-state index contributed by atoms with van der Waals surface area (Å²) in [6.07, 6.45) is 2.53. The van der Waals surface area contributed by atoms with E-state index in [1.165, 1.54) is 12.2 Å². The summed E-state index contributed by atoms with van der Waals surface area (Å²) >= 11 is 5.93. The van der Waals surface area contributed by atoms with Gasteiger partial charge in [0.25, 0.3) is 11.8 Å². The zero-order valence-electron chi connectivity index (χ0n) is 7.81. The lowest BCUT2D eigenvalue weighted by atomic mass is 10.2. The van der Waals surface area contributed by atoms with E-state index in [9.17, 15) is 9.59 Å². The van der Waals surface area contributed by atoms with Crippen molar-refractivity contribution in [2.45, 2.75) is 6.54 Å². The van der Waals surface area contributed by atoms with E-state index in [4.69, 9.17) is 11.6 Å². The molecule has 1 aliphatic heterocycles. The summed E-state index contributed by atoms with van der Waals surface area (Å²) in [6.45, 7) is 0.227. The van der Waals surface area contributed by atoms with E-state index in [1.807, 2.05) is 6.07 Å². The van der Waals surface area contributed by atoms with Gasteiger partial charge in [0, 0.05) is 17.2 Å². The fourth-order valence-corrected chi connectivity index (χ4v) is 1.58. The number of carbonyl (C=O) groups excluding carboxylic acids is 2. The van der Waals surface area contributed by atoms with Gasteiger partial charge in [0.1, 0.15) is 0 Å². The van der Waals surface area contributed by atoms with Crippen LogP contribution in [-0.4, -0.2) is 16.7 Å². The van der Waals surface area contributed by atoms with Crippen LogP contribution < -0.4 is 0 Å². The average molecular weight is 222 g/mol. The second-order valence-corrected chi connectivity index (χ2v) is 3.59. The molecule has 1 aromatic rings. The number of halogens is 1. The number of imide groups is 1. The third-order valence-corrected chi connectivity index (χ3v) is 2.56. The van der Waals surface area contributed by atoms with Crippen LogP contribution in [-0.2, 0) is 16.1 Å². The van der Waals surface area contributed by atoms with E-state index in [-0.39, 0.29) is 18.4 Å². The number of carbonyl (C=O) groups is 2. The van der Waals surface area contributed by atoms with Crippen molar-refractivity contribution in [2.75, 3.05) is 0 Å². The summed E-state index contributed by atoms with van der Waals surface area (Å²) in [7, 11) is 0. The summed E-state index contributed by atoms with van der Waals surface area (Å²) in [6, 6.07) is 7.15. The lowest BCUT2D eigenvalue weighted by Gasteiger charge is -2.14. The van der Waals surface area contributed by atoms with Crippen LogP contribution in [0.1, 0.15) is 5.56 Å². The highest BCUT2D eigenvalue weighted by atomic mass is 35.5. The van der Waals surface area contributed by atoms with Crippen LogP contribution in [0.5, 0.6) is 0 Å². The Kier molecular flexibility index (Phi) is 2.56. The molecule has 1 aliphatic rings. The Morgan fingerprint density at radius 2 is 1.67 bits per heavy atom. The predicted octanol–water partition coefficient (Wildman–Crippen LogP) is 1.77. The number of hydrogen-bond acceptors (Lipinski definition) is 2. The minimum atomic E-state index is -0.292. The highest BCUT2D eigenvalue weighted by Crippen LogP contribution is 2.18. The van der Waals surface area contributed by atoms with Crippen molar-refractivity contribution in [2.24, 2.45) is 0 Å². The molecule has 76 valence electrons. The standard InChI is InChI=1S/C11H8ClNO2/c12-9-4-2-1-3-8(9)7-13-10(14)5-6-11(13)15/h1-6H,7H2. The maximum absolute atomic E-state index is 11.3. The van der Waals surface area contributed by atoms with Gasteiger partial charge in [0.15, 0.2) is 0 Å². The van der Waals surface area contributed by atoms with Gasteiger partial charge in [-0.3, -0.25) is 14.5 Å². The first-order chi connectivity index (χ1) is 7.18. The Morgan fingerprint density at radius 1 is 1.07 bits per heavy atom. The third-order valence-electron chi connectivity index (χ3n) is 2.19. The van der Waals surface area contributed by atoms with Crippen LogP contribution in [0.2, 0.25) is 5.02 Å². The highest BCUT2D eigenvalue weighted by Gasteiger charge is 2.23. The molecule has 0 aliphatic carbocycles. The highest BCUT2D eigenvalue weighted by molar-refractivity contribution is 6.31. The fraction of sp³-hybridized carbons (Fsp3) is 0.0909. The summed E-state index contributed by atoms with van der Waals surface area (Å²) in [5.74, 6) is -0.583. The van der Waals surface area contributed by atoms with Gasteiger partial charge in [-0.05, 0) is 11.6 Å². The van der Waals surface area contributed by atoms with E-state index in [0.29, 0.717) is 5.02 Å². The van der Waals surface area contributed by atoms with Crippen LogP contribution in [0, 0.1) is 0 Å². The van der Waals surface area contributed by atoms with Gasteiger partial charge in [-0.25, -0.2) is 0 Å². The minimum Gasteiger partial charge on any atom is -0.271 e. The first-order valence-corrected chi connectivity index (χ1v) is 4.83. The van der Waals surface area contributed by atoms with Gasteiger partial charge in [-0.2, -0.15) is 0 Å². The Morgan fingerprint density at radius 3 is 2.27 bits per heavy atom. The SMILES string of the molecule is O=C1C=CC(=O)N1Cc1ccccc1Cl. The first-order valence-electron chi connectivity index (χ1n) is 4.45. The second-order valence-electron chi connectivity index (χ2n) is 3.19. The van der Waals surface area contributed by atoms with Gasteiger partial charge in [0.05, 0.1) is 6.54 Å². The number of rotatable bonds is 2. The molecule has 0 saturated carbocycles. The zero-order chi connectivity index (χ0) is 10.8. The van der Waals surface area contributed by atoms with Crippen molar-refractivity contribution in [3.8, 4) is 0 Å². The van der Waals surface area contributed by atoms with Crippen molar-refractivity contribution >= 4 is 23.4 Å². The molecular weight excluding hydrogens is 214 g/mol. The average Bonchev–Trinajstić information content (AvgIpc) is 2.53. The first kappa shape index (κ1) is 9.93. The minimum absolute atomic E-state index is 0.227. The van der Waals surface area contributed by atoms with Crippen molar-refractivity contribution in [3.63, 3.8) is 0 Å². The molecule has 0 spiro atoms. The molecule has 0 unspecified atom stereocenters. The van der Waals surface area contributed by atoms with E-state index in [2.05, 4.69) is 0 Å². The monoisotopic (exact) mass is 221 g/mol. The van der Waals surface area contributed by atoms with Gasteiger partial charge in [0.2, 0.25) is 0 Å². The number of amides is 2. The van der Waals surface area contributed by atoms with Crippen LogP contribution in [0.4, 0.5) is 0 Å². The Labute approximate surface area is 91.9 Å². The fourth-order valence-electron chi connectivity index (χ4n) is 1.38. The third kappa shape index (κ3) is 1.92. The number of benzene rings is 1. The predicted molar refractivity (Wildman–Crippen MR) is 56.1 cm³/mol. The summed E-state index contributed by atoms with van der Waals surface area (Å²) in [5, 5.41) is 0.560. The maximum Gasteiger partial charge on any atom is 0.253 e. The van der Waals surface area contributed by atoms with E-state index >= 15 is 0 Å². The Bertz CT molecular complexity index is 436. The molecule has 0 radical (unpaired) electrons. The molecule has 0 saturated heterocycles. The van der Waals surface area contributed by atoms with E-state index in [1.54, 1.807) is 18.2 Å². The molecular formula is C11H8ClNO2. The van der Waals surface area contributed by atoms with Gasteiger partial charge in [-0.1, -0.05) is 29.8 Å². The normalized spacial score (nSPS) is 15.1. The van der Waals surface area contributed by atoms with Crippen molar-refractivity contribution < 1.29 is 9.59 Å². The van der Waals surface area contributed by atoms with E-state index in [0.717, 1.165) is 10.5 Å². The topological polar surface area (TPSA) is 37.4 Å². The van der Waals surface area contributed by atoms with Crippen LogP contribution in [0.3, 0.4) is 0 Å². The smallest absolute Gasteiger partial charge is 0.253 e. The largest absolute Gasteiger partial charge is 0.271 e. The number of hydrogen-bond donors (Lipinski definition) is 0. The maximum atomic E-state index is 11.3. The molecule has 0 aromatic heterocycles. The molecule has 1 aromatic carbocycles. The molecule has 2 rings (SSSR count). The van der Waals surface area contributed by atoms with Crippen LogP contribution >= 0.6 is 11.6 Å². The zero-order valence-corrected chi connectivity index (χ0v) is 8.57. The molecule has 0 atom stereocenters. The van der Waals surface area contributed by atoms with Crippen LogP contribution in [0.25, 0.3) is 0 Å². The van der Waals surface area contributed by atoms with Crippen molar-refractivity contribution in [3.05, 3.63) is 47.0 Å². The van der Waals surface area contributed by atoms with E-state index < -0.39 is 0 Å². The number of nitrogens with zero attached hydrogens (tertiary/aromatic N) is 1. The van der Waals surface area contributed by atoms with Gasteiger partial charge < -0.3 is 0 Å². The summed E-state index contributed by atoms with van der Waals surface area (Å²) in [4.78, 5) is 23.7. The quantitative estimate of drug-likeness (QED) is 0.714. The lowest BCUT2D eigenvalue weighted by Crippen LogP contribution is -2.29. The van der Waals surface area contributed by atoms with Crippen LogP contribution in [0.15, 0.2) is 36.4 Å². The van der Waals surface area contributed by atoms with Crippen molar-refractivity contribution in [1.82, 2.24) is 4.90 Å². The molecule has 1 heterocycles.